The second-order valence-corrected chi connectivity index (χ2v) is 15.6. The van der Waals surface area contributed by atoms with E-state index in [4.69, 9.17) is 8.83 Å². The zero-order valence-electron chi connectivity index (χ0n) is 33.1. The number of nitrogens with zero attached hydrogens (tertiary/aromatic N) is 1. The fourth-order valence-electron chi connectivity index (χ4n) is 9.26. The van der Waals surface area contributed by atoms with E-state index in [2.05, 4.69) is 211 Å². The first kappa shape index (κ1) is 34.9. The predicted octanol–water partition coefficient (Wildman–Crippen LogP) is 16.8. The van der Waals surface area contributed by atoms with Crippen molar-refractivity contribution in [1.29, 1.82) is 0 Å². The van der Waals surface area contributed by atoms with Crippen molar-refractivity contribution in [2.24, 2.45) is 0 Å². The molecule has 0 amide bonds. The topological polar surface area (TPSA) is 29.5 Å². The highest BCUT2D eigenvalue weighted by Gasteiger charge is 2.23. The van der Waals surface area contributed by atoms with Crippen LogP contribution in [0.1, 0.15) is 0 Å². The molecule has 2 aromatic heterocycles. The predicted molar refractivity (Wildman–Crippen MR) is 255 cm³/mol. The van der Waals surface area contributed by atoms with E-state index in [1.54, 1.807) is 0 Å². The van der Waals surface area contributed by atoms with Gasteiger partial charge < -0.3 is 13.7 Å². The summed E-state index contributed by atoms with van der Waals surface area (Å²) in [6, 6.07) is 79.8. The number of anilines is 3. The molecule has 0 saturated heterocycles. The van der Waals surface area contributed by atoms with Crippen LogP contribution in [0.25, 0.3) is 99.2 Å². The highest BCUT2D eigenvalue weighted by molar-refractivity contribution is 6.26. The molecule has 0 bridgehead atoms. The molecule has 0 aliphatic heterocycles. The van der Waals surface area contributed by atoms with Crippen LogP contribution in [0.4, 0.5) is 17.1 Å². The summed E-state index contributed by atoms with van der Waals surface area (Å²) in [6.07, 6.45) is 0. The molecule has 3 nitrogen and oxygen atoms in total. The Bertz CT molecular complexity index is 3550. The van der Waals surface area contributed by atoms with E-state index in [1.807, 2.05) is 18.2 Å². The summed E-state index contributed by atoms with van der Waals surface area (Å²) in [5, 5.41) is 6.77. The molecule has 0 radical (unpaired) electrons. The lowest BCUT2D eigenvalue weighted by Crippen LogP contribution is -2.09. The molecule has 0 saturated carbocycles. The number of hydrogen-bond acceptors (Lipinski definition) is 3. The number of para-hydroxylation sites is 3. The second kappa shape index (κ2) is 14.3. The normalized spacial score (nSPS) is 11.6. The lowest BCUT2D eigenvalue weighted by atomic mass is 9.86. The van der Waals surface area contributed by atoms with Crippen molar-refractivity contribution in [1.82, 2.24) is 0 Å². The molecule has 0 spiro atoms. The van der Waals surface area contributed by atoms with E-state index in [9.17, 15) is 0 Å². The lowest BCUT2D eigenvalue weighted by molar-refractivity contribution is 0.670. The summed E-state index contributed by atoms with van der Waals surface area (Å²) < 4.78 is 13.1. The summed E-state index contributed by atoms with van der Waals surface area (Å²) in [6.45, 7) is 0. The molecule has 61 heavy (non-hydrogen) atoms. The standard InChI is InChI=1S/C58H37NO2/c1-3-14-38(15-4-1)39-26-32-43(33-27-39)59(44-34-28-40(29-35-44)46-22-13-23-49-47-18-9-11-24-52(47)60-57(46)49)45-36-30-42(31-37-45)55-54(41-16-5-2-6-17-41)48-19-7-8-20-50(48)58-56(55)51-21-10-12-25-53(51)61-58/h1-37H. The van der Waals surface area contributed by atoms with Gasteiger partial charge in [0.2, 0.25) is 0 Å². The maximum absolute atomic E-state index is 6.70. The minimum Gasteiger partial charge on any atom is -0.455 e. The zero-order valence-corrected chi connectivity index (χ0v) is 33.1. The van der Waals surface area contributed by atoms with E-state index in [-0.39, 0.29) is 0 Å². The zero-order chi connectivity index (χ0) is 40.3. The van der Waals surface area contributed by atoms with E-state index in [0.29, 0.717) is 0 Å². The van der Waals surface area contributed by atoms with Crippen LogP contribution in [0.5, 0.6) is 0 Å². The SMILES string of the molecule is c1ccc(-c2ccc(N(c3ccc(-c4cccc5c4oc4ccccc45)cc3)c3ccc(-c4c(-c5ccccc5)c5ccccc5c5oc6ccccc6c45)cc3)cc2)cc1. The molecular formula is C58H37NO2. The summed E-state index contributed by atoms with van der Waals surface area (Å²) in [4.78, 5) is 2.34. The van der Waals surface area contributed by atoms with Gasteiger partial charge in [0.15, 0.2) is 0 Å². The number of rotatable bonds is 7. The van der Waals surface area contributed by atoms with Gasteiger partial charge in [-0.2, -0.15) is 0 Å². The van der Waals surface area contributed by atoms with E-state index < -0.39 is 0 Å². The van der Waals surface area contributed by atoms with Crippen molar-refractivity contribution in [2.75, 3.05) is 4.90 Å². The Labute approximate surface area is 353 Å². The van der Waals surface area contributed by atoms with Crippen molar-refractivity contribution in [3.8, 4) is 44.5 Å². The van der Waals surface area contributed by atoms with Gasteiger partial charge in [-0.05, 0) is 87.3 Å². The summed E-state index contributed by atoms with van der Waals surface area (Å²) in [7, 11) is 0. The fraction of sp³-hybridized carbons (Fsp3) is 0. The minimum absolute atomic E-state index is 0.885. The Balaban J connectivity index is 1.02. The fourth-order valence-corrected chi connectivity index (χ4v) is 9.26. The Kier molecular flexibility index (Phi) is 8.17. The average Bonchev–Trinajstić information content (AvgIpc) is 3.92. The van der Waals surface area contributed by atoms with Gasteiger partial charge in [-0.25, -0.2) is 0 Å². The van der Waals surface area contributed by atoms with Gasteiger partial charge in [0.25, 0.3) is 0 Å². The van der Waals surface area contributed by atoms with E-state index in [1.165, 1.54) is 27.8 Å². The molecule has 0 fully saturated rings. The minimum atomic E-state index is 0.885. The van der Waals surface area contributed by atoms with Crippen LogP contribution in [0.2, 0.25) is 0 Å². The molecule has 12 aromatic rings. The largest absolute Gasteiger partial charge is 0.455 e. The molecule has 10 aromatic carbocycles. The molecule has 3 heteroatoms. The van der Waals surface area contributed by atoms with Crippen LogP contribution in [0.3, 0.4) is 0 Å². The molecule has 0 N–H and O–H groups in total. The van der Waals surface area contributed by atoms with Crippen molar-refractivity contribution in [2.45, 2.75) is 0 Å². The molecule has 286 valence electrons. The van der Waals surface area contributed by atoms with Crippen molar-refractivity contribution in [3.63, 3.8) is 0 Å². The smallest absolute Gasteiger partial charge is 0.143 e. The Morgan fingerprint density at radius 2 is 0.689 bits per heavy atom. The molecule has 2 heterocycles. The van der Waals surface area contributed by atoms with Gasteiger partial charge >= 0.3 is 0 Å². The maximum atomic E-state index is 6.70. The summed E-state index contributed by atoms with van der Waals surface area (Å²) >= 11 is 0. The Morgan fingerprint density at radius 3 is 1.34 bits per heavy atom. The van der Waals surface area contributed by atoms with E-state index >= 15 is 0 Å². The molecule has 0 atom stereocenters. The Hall–Kier alpha value is -8.14. The van der Waals surface area contributed by atoms with Gasteiger partial charge in [0, 0.05) is 55.1 Å². The third-order valence-electron chi connectivity index (χ3n) is 12.1. The van der Waals surface area contributed by atoms with Crippen LogP contribution < -0.4 is 4.90 Å². The summed E-state index contributed by atoms with van der Waals surface area (Å²) in [5.41, 5.74) is 16.0. The summed E-state index contributed by atoms with van der Waals surface area (Å²) in [5.74, 6) is 0. The number of benzene rings is 10. The number of furan rings is 2. The van der Waals surface area contributed by atoms with Crippen LogP contribution in [-0.2, 0) is 0 Å². The average molecular weight is 780 g/mol. The van der Waals surface area contributed by atoms with Crippen LogP contribution in [-0.4, -0.2) is 0 Å². The number of fused-ring (bicyclic) bond motifs is 8. The van der Waals surface area contributed by atoms with Gasteiger partial charge in [0.1, 0.15) is 22.3 Å². The van der Waals surface area contributed by atoms with Crippen molar-refractivity contribution in [3.05, 3.63) is 224 Å². The number of hydrogen-bond donors (Lipinski definition) is 0. The van der Waals surface area contributed by atoms with Gasteiger partial charge in [-0.3, -0.25) is 0 Å². The van der Waals surface area contributed by atoms with Crippen molar-refractivity contribution >= 4 is 71.7 Å². The lowest BCUT2D eigenvalue weighted by Gasteiger charge is -2.26. The van der Waals surface area contributed by atoms with Gasteiger partial charge in [-0.1, -0.05) is 176 Å². The van der Waals surface area contributed by atoms with Crippen LogP contribution >= 0.6 is 0 Å². The third-order valence-corrected chi connectivity index (χ3v) is 12.1. The molecule has 0 aliphatic carbocycles. The van der Waals surface area contributed by atoms with Gasteiger partial charge in [0.05, 0.1) is 0 Å². The molecule has 12 rings (SSSR count). The first-order valence-corrected chi connectivity index (χ1v) is 20.7. The first-order chi connectivity index (χ1) is 30.3. The second-order valence-electron chi connectivity index (χ2n) is 15.6. The molecule has 0 unspecified atom stereocenters. The van der Waals surface area contributed by atoms with Crippen LogP contribution in [0, 0.1) is 0 Å². The quantitative estimate of drug-likeness (QED) is 0.161. The molecule has 0 aliphatic rings. The Morgan fingerprint density at radius 1 is 0.262 bits per heavy atom. The molecular weight excluding hydrogens is 743 g/mol. The van der Waals surface area contributed by atoms with E-state index in [0.717, 1.165) is 88.4 Å². The monoisotopic (exact) mass is 779 g/mol. The van der Waals surface area contributed by atoms with Crippen molar-refractivity contribution < 1.29 is 8.83 Å². The third kappa shape index (κ3) is 5.82. The van der Waals surface area contributed by atoms with Gasteiger partial charge in [-0.15, -0.1) is 0 Å². The highest BCUT2D eigenvalue weighted by Crippen LogP contribution is 2.49. The highest BCUT2D eigenvalue weighted by atomic mass is 16.3. The van der Waals surface area contributed by atoms with Crippen LogP contribution in [0.15, 0.2) is 233 Å². The first-order valence-electron chi connectivity index (χ1n) is 20.7. The maximum Gasteiger partial charge on any atom is 0.143 e.